The van der Waals surface area contributed by atoms with Crippen LogP contribution in [0.4, 0.5) is 4.39 Å². The van der Waals surface area contributed by atoms with E-state index in [2.05, 4.69) is 31.5 Å². The van der Waals surface area contributed by atoms with Gasteiger partial charge in [-0.3, -0.25) is 9.69 Å². The highest BCUT2D eigenvalue weighted by molar-refractivity contribution is 5.83. The molecule has 3 aliphatic heterocycles. The molecule has 200 valence electrons. The number of ether oxygens (including phenoxy) is 3. The van der Waals surface area contributed by atoms with E-state index in [0.717, 1.165) is 42.4 Å². The lowest BCUT2D eigenvalue weighted by Crippen LogP contribution is -2.38. The molecule has 4 aromatic rings. The molecule has 2 atom stereocenters. The van der Waals surface area contributed by atoms with E-state index in [9.17, 15) is 9.18 Å². The van der Waals surface area contributed by atoms with Gasteiger partial charge in [0.15, 0.2) is 17.3 Å². The summed E-state index contributed by atoms with van der Waals surface area (Å²) in [5.74, 6) is 1.59. The van der Waals surface area contributed by atoms with Crippen molar-refractivity contribution in [2.45, 2.75) is 38.0 Å². The normalized spacial score (nSPS) is 19.9. The van der Waals surface area contributed by atoms with Gasteiger partial charge in [-0.15, -0.1) is 5.10 Å². The van der Waals surface area contributed by atoms with Gasteiger partial charge in [0, 0.05) is 36.7 Å². The molecule has 0 bridgehead atoms. The SMILES string of the molecule is O=c1[nH]c2cc3c(cc2cc1[C@H](c1nnnn1C[C@@H]1CCCO1)N1CC=C(c2ccc(F)cc2)CC1)OCO3. The van der Waals surface area contributed by atoms with Crippen molar-refractivity contribution < 1.29 is 18.6 Å². The maximum atomic E-state index is 13.6. The van der Waals surface area contributed by atoms with Crippen molar-refractivity contribution in [1.82, 2.24) is 30.1 Å². The van der Waals surface area contributed by atoms with Crippen LogP contribution in [0.25, 0.3) is 16.5 Å². The minimum absolute atomic E-state index is 0.0360. The molecular formula is C28H27FN6O4. The fourth-order valence-electron chi connectivity index (χ4n) is 5.68. The summed E-state index contributed by atoms with van der Waals surface area (Å²) in [4.78, 5) is 18.8. The molecule has 0 aliphatic carbocycles. The topological polar surface area (TPSA) is 107 Å². The Morgan fingerprint density at radius 1 is 1.13 bits per heavy atom. The van der Waals surface area contributed by atoms with E-state index in [1.807, 2.05) is 12.1 Å². The maximum Gasteiger partial charge on any atom is 0.253 e. The van der Waals surface area contributed by atoms with Gasteiger partial charge in [0.1, 0.15) is 11.9 Å². The Labute approximate surface area is 223 Å². The number of halogens is 1. The number of hydrogen-bond donors (Lipinski definition) is 1. The first-order chi connectivity index (χ1) is 19.1. The highest BCUT2D eigenvalue weighted by Gasteiger charge is 2.33. The molecule has 39 heavy (non-hydrogen) atoms. The van der Waals surface area contributed by atoms with E-state index in [0.29, 0.717) is 48.0 Å². The molecule has 0 radical (unpaired) electrons. The van der Waals surface area contributed by atoms with Gasteiger partial charge in [0.05, 0.1) is 18.2 Å². The first-order valence-corrected chi connectivity index (χ1v) is 13.2. The van der Waals surface area contributed by atoms with E-state index in [1.165, 1.54) is 12.1 Å². The smallest absolute Gasteiger partial charge is 0.253 e. The summed E-state index contributed by atoms with van der Waals surface area (Å²) in [5.41, 5.74) is 3.14. The van der Waals surface area contributed by atoms with Gasteiger partial charge in [-0.05, 0) is 65.1 Å². The van der Waals surface area contributed by atoms with Crippen LogP contribution in [0.15, 0.2) is 53.3 Å². The van der Waals surface area contributed by atoms with Crippen LogP contribution < -0.4 is 15.0 Å². The van der Waals surface area contributed by atoms with Crippen molar-refractivity contribution in [3.63, 3.8) is 0 Å². The molecule has 10 nitrogen and oxygen atoms in total. The van der Waals surface area contributed by atoms with Crippen molar-refractivity contribution in [3.05, 3.63) is 81.7 Å². The number of rotatable bonds is 6. The van der Waals surface area contributed by atoms with Crippen molar-refractivity contribution >= 4 is 16.5 Å². The van der Waals surface area contributed by atoms with Crippen LogP contribution in [-0.2, 0) is 11.3 Å². The number of H-pyrrole nitrogens is 1. The fraction of sp³-hybridized carbons (Fsp3) is 0.357. The third kappa shape index (κ3) is 4.57. The summed E-state index contributed by atoms with van der Waals surface area (Å²) in [5, 5.41) is 13.5. The lowest BCUT2D eigenvalue weighted by molar-refractivity contribution is 0.0910. The van der Waals surface area contributed by atoms with Crippen LogP contribution in [0.3, 0.4) is 0 Å². The van der Waals surface area contributed by atoms with E-state index in [-0.39, 0.29) is 24.3 Å². The summed E-state index contributed by atoms with van der Waals surface area (Å²) in [6, 6.07) is 11.6. The second-order valence-electron chi connectivity index (χ2n) is 10.1. The molecule has 0 amide bonds. The molecule has 5 heterocycles. The lowest BCUT2D eigenvalue weighted by atomic mass is 9.96. The zero-order valence-corrected chi connectivity index (χ0v) is 21.2. The van der Waals surface area contributed by atoms with Crippen LogP contribution >= 0.6 is 0 Å². The molecule has 0 spiro atoms. The molecule has 0 unspecified atom stereocenters. The maximum absolute atomic E-state index is 13.6. The molecule has 0 saturated carbocycles. The van der Waals surface area contributed by atoms with Gasteiger partial charge < -0.3 is 19.2 Å². The van der Waals surface area contributed by atoms with E-state index in [4.69, 9.17) is 14.2 Å². The van der Waals surface area contributed by atoms with Gasteiger partial charge in [-0.2, -0.15) is 0 Å². The highest BCUT2D eigenvalue weighted by Crippen LogP contribution is 2.37. The van der Waals surface area contributed by atoms with Crippen molar-refractivity contribution in [2.24, 2.45) is 0 Å². The number of aromatic amines is 1. The highest BCUT2D eigenvalue weighted by atomic mass is 19.1. The summed E-state index contributed by atoms with van der Waals surface area (Å²) in [6.45, 7) is 2.64. The molecule has 11 heteroatoms. The first kappa shape index (κ1) is 24.0. The van der Waals surface area contributed by atoms with Crippen LogP contribution in [0.2, 0.25) is 0 Å². The predicted octanol–water partition coefficient (Wildman–Crippen LogP) is 3.44. The van der Waals surface area contributed by atoms with Gasteiger partial charge in [0.2, 0.25) is 6.79 Å². The van der Waals surface area contributed by atoms with Crippen molar-refractivity contribution in [2.75, 3.05) is 26.5 Å². The van der Waals surface area contributed by atoms with E-state index < -0.39 is 6.04 Å². The van der Waals surface area contributed by atoms with Gasteiger partial charge in [0.25, 0.3) is 5.56 Å². The van der Waals surface area contributed by atoms with Crippen LogP contribution in [-0.4, -0.2) is 62.7 Å². The molecule has 1 fully saturated rings. The van der Waals surface area contributed by atoms with Gasteiger partial charge in [-0.25, -0.2) is 9.07 Å². The number of tetrazole rings is 1. The summed E-state index contributed by atoms with van der Waals surface area (Å²) >= 11 is 0. The third-order valence-corrected chi connectivity index (χ3v) is 7.69. The minimum atomic E-state index is -0.494. The number of hydrogen-bond acceptors (Lipinski definition) is 8. The van der Waals surface area contributed by atoms with Crippen molar-refractivity contribution in [3.8, 4) is 11.5 Å². The Hall–Kier alpha value is -4.09. The molecule has 1 saturated heterocycles. The Bertz CT molecular complexity index is 1610. The van der Waals surface area contributed by atoms with Crippen LogP contribution in [0.5, 0.6) is 11.5 Å². The molecule has 7 rings (SSSR count). The summed E-state index contributed by atoms with van der Waals surface area (Å²) < 4.78 is 32.1. The Balaban J connectivity index is 1.29. The zero-order chi connectivity index (χ0) is 26.3. The monoisotopic (exact) mass is 530 g/mol. The fourth-order valence-corrected chi connectivity index (χ4v) is 5.68. The van der Waals surface area contributed by atoms with Gasteiger partial charge >= 0.3 is 0 Å². The summed E-state index contributed by atoms with van der Waals surface area (Å²) in [7, 11) is 0. The molecule has 2 aromatic heterocycles. The Morgan fingerprint density at radius 3 is 2.74 bits per heavy atom. The Kier molecular flexibility index (Phi) is 6.09. The number of nitrogens with one attached hydrogen (secondary N) is 1. The molecular weight excluding hydrogens is 503 g/mol. The average molecular weight is 531 g/mol. The number of fused-ring (bicyclic) bond motifs is 2. The minimum Gasteiger partial charge on any atom is -0.454 e. The standard InChI is InChI=1S/C28H27FN6O4/c29-20-5-3-17(4-6-20)18-7-9-34(10-8-18)26(27-31-32-33-35(27)15-21-2-1-11-37-21)22-12-19-13-24-25(39-16-38-24)14-23(19)30-28(22)36/h3-7,12-14,21,26H,1-2,8-11,15-16H2,(H,30,36)/t21-,26+/m0/s1. The van der Waals surface area contributed by atoms with Gasteiger partial charge in [-0.1, -0.05) is 18.2 Å². The lowest BCUT2D eigenvalue weighted by Gasteiger charge is -2.33. The van der Waals surface area contributed by atoms with E-state index >= 15 is 0 Å². The molecule has 2 aromatic carbocycles. The largest absolute Gasteiger partial charge is 0.454 e. The number of nitrogens with zero attached hydrogens (tertiary/aromatic N) is 5. The zero-order valence-electron chi connectivity index (χ0n) is 21.2. The van der Waals surface area contributed by atoms with E-state index in [1.54, 1.807) is 22.9 Å². The second-order valence-corrected chi connectivity index (χ2v) is 10.1. The third-order valence-electron chi connectivity index (χ3n) is 7.69. The quantitative estimate of drug-likeness (QED) is 0.404. The first-order valence-electron chi connectivity index (χ1n) is 13.2. The van der Waals surface area contributed by atoms with Crippen LogP contribution in [0, 0.1) is 5.82 Å². The average Bonchev–Trinajstić information content (AvgIpc) is 3.72. The van der Waals surface area contributed by atoms with Crippen molar-refractivity contribution in [1.29, 1.82) is 0 Å². The molecule has 1 N–H and O–H groups in total. The predicted molar refractivity (Wildman–Crippen MR) is 140 cm³/mol. The second kappa shape index (κ2) is 9.90. The number of aromatic nitrogens is 5. The summed E-state index contributed by atoms with van der Waals surface area (Å²) in [6.07, 6.45) is 4.86. The number of pyridine rings is 1. The number of benzene rings is 2. The Morgan fingerprint density at radius 2 is 1.97 bits per heavy atom. The van der Waals surface area contributed by atoms with Crippen LogP contribution in [0.1, 0.15) is 42.3 Å². The molecule has 3 aliphatic rings.